The van der Waals surface area contributed by atoms with E-state index in [0.717, 1.165) is 27.7 Å². The number of carbonyl (C=O) groups is 1. The fraction of sp³-hybridized carbons (Fsp3) is 0.312. The Morgan fingerprint density at radius 3 is 2.64 bits per heavy atom. The van der Waals surface area contributed by atoms with Crippen LogP contribution in [0.1, 0.15) is 23.7 Å². The molecule has 0 spiro atoms. The van der Waals surface area contributed by atoms with Gasteiger partial charge in [-0.25, -0.2) is 9.67 Å². The Morgan fingerprint density at radius 1 is 1.32 bits per heavy atom. The molecule has 3 aromatic rings. The van der Waals surface area contributed by atoms with Gasteiger partial charge < -0.3 is 0 Å². The summed E-state index contributed by atoms with van der Waals surface area (Å²) < 4.78 is 1.62. The molecule has 130 valence electrons. The van der Waals surface area contributed by atoms with Crippen LogP contribution in [0.2, 0.25) is 0 Å². The summed E-state index contributed by atoms with van der Waals surface area (Å²) in [5, 5.41) is 14.8. The molecule has 3 rings (SSSR count). The topological polar surface area (TPSA) is 76.8 Å². The highest BCUT2D eigenvalue weighted by Crippen LogP contribution is 2.34. The molecule has 0 N–H and O–H groups in total. The highest BCUT2D eigenvalue weighted by molar-refractivity contribution is 7.98. The van der Waals surface area contributed by atoms with Crippen LogP contribution in [-0.4, -0.2) is 31.1 Å². The average Bonchev–Trinajstić information content (AvgIpc) is 3.17. The SMILES string of the molecule is CC(=O)N(c1nc(CSc2nnnn2C)cs1)c1c(C)cccc1C. The van der Waals surface area contributed by atoms with Crippen molar-refractivity contribution >= 4 is 39.8 Å². The summed E-state index contributed by atoms with van der Waals surface area (Å²) in [7, 11) is 1.80. The molecule has 1 aromatic carbocycles. The van der Waals surface area contributed by atoms with Crippen molar-refractivity contribution in [2.45, 2.75) is 31.7 Å². The van der Waals surface area contributed by atoms with E-state index in [1.165, 1.54) is 23.1 Å². The van der Waals surface area contributed by atoms with Crippen LogP contribution in [0.5, 0.6) is 0 Å². The number of thioether (sulfide) groups is 1. The van der Waals surface area contributed by atoms with Gasteiger partial charge in [0.05, 0.1) is 11.4 Å². The number of hydrogen-bond donors (Lipinski definition) is 0. The maximum Gasteiger partial charge on any atom is 0.230 e. The van der Waals surface area contributed by atoms with Crippen LogP contribution in [-0.2, 0) is 17.6 Å². The first kappa shape index (κ1) is 17.6. The Kier molecular flexibility index (Phi) is 5.14. The molecule has 0 aliphatic rings. The first-order valence-corrected chi connectivity index (χ1v) is 9.50. The summed E-state index contributed by atoms with van der Waals surface area (Å²) in [4.78, 5) is 18.6. The van der Waals surface area contributed by atoms with Crippen molar-refractivity contribution in [2.75, 3.05) is 4.90 Å². The number of carbonyl (C=O) groups excluding carboxylic acids is 1. The zero-order valence-electron chi connectivity index (χ0n) is 14.4. The largest absolute Gasteiger partial charge is 0.274 e. The number of aromatic nitrogens is 5. The van der Waals surface area contributed by atoms with E-state index < -0.39 is 0 Å². The van der Waals surface area contributed by atoms with E-state index in [0.29, 0.717) is 10.9 Å². The molecule has 7 nitrogen and oxygen atoms in total. The second-order valence-electron chi connectivity index (χ2n) is 5.59. The lowest BCUT2D eigenvalue weighted by Gasteiger charge is -2.22. The average molecular weight is 374 g/mol. The molecule has 0 unspecified atom stereocenters. The molecule has 0 radical (unpaired) electrons. The Morgan fingerprint density at radius 2 is 2.04 bits per heavy atom. The molecule has 25 heavy (non-hydrogen) atoms. The fourth-order valence-corrected chi connectivity index (χ4v) is 4.21. The van der Waals surface area contributed by atoms with Gasteiger partial charge in [-0.3, -0.25) is 9.69 Å². The van der Waals surface area contributed by atoms with Crippen LogP contribution in [0, 0.1) is 13.8 Å². The third-order valence-electron chi connectivity index (χ3n) is 3.64. The zero-order chi connectivity index (χ0) is 18.0. The lowest BCUT2D eigenvalue weighted by atomic mass is 10.1. The van der Waals surface area contributed by atoms with Crippen molar-refractivity contribution in [1.82, 2.24) is 25.2 Å². The van der Waals surface area contributed by atoms with Crippen LogP contribution in [0.3, 0.4) is 0 Å². The van der Waals surface area contributed by atoms with Crippen LogP contribution in [0.25, 0.3) is 0 Å². The standard InChI is InChI=1S/C16H18N6OS2/c1-10-6-5-7-11(2)14(10)22(12(3)23)15-17-13(8-24-15)9-25-16-18-19-20-21(16)4/h5-8H,9H2,1-4H3. The lowest BCUT2D eigenvalue weighted by Crippen LogP contribution is -2.24. The molecule has 0 aliphatic heterocycles. The molecule has 9 heteroatoms. The Balaban J connectivity index is 1.85. The lowest BCUT2D eigenvalue weighted by molar-refractivity contribution is -0.115. The maximum absolute atomic E-state index is 12.3. The first-order valence-electron chi connectivity index (χ1n) is 7.64. The normalized spacial score (nSPS) is 10.9. The minimum Gasteiger partial charge on any atom is -0.274 e. The predicted molar refractivity (Wildman–Crippen MR) is 99.2 cm³/mol. The zero-order valence-corrected chi connectivity index (χ0v) is 16.1. The van der Waals surface area contributed by atoms with E-state index in [2.05, 4.69) is 20.5 Å². The molecule has 0 atom stereocenters. The second-order valence-corrected chi connectivity index (χ2v) is 7.37. The molecule has 0 fully saturated rings. The minimum atomic E-state index is -0.0524. The number of hydrogen-bond acceptors (Lipinski definition) is 7. The van der Waals surface area contributed by atoms with Crippen LogP contribution in [0.15, 0.2) is 28.7 Å². The Labute approximate surface area is 154 Å². The van der Waals surface area contributed by atoms with E-state index in [4.69, 9.17) is 0 Å². The Hall–Kier alpha value is -2.26. The third kappa shape index (κ3) is 3.72. The number of thiazole rings is 1. The van der Waals surface area contributed by atoms with Crippen molar-refractivity contribution in [1.29, 1.82) is 0 Å². The number of para-hydroxylation sites is 1. The minimum absolute atomic E-state index is 0.0524. The van der Waals surface area contributed by atoms with Crippen molar-refractivity contribution in [2.24, 2.45) is 7.05 Å². The van der Waals surface area contributed by atoms with E-state index in [1.807, 2.05) is 37.4 Å². The van der Waals surface area contributed by atoms with Gasteiger partial charge in [-0.2, -0.15) is 0 Å². The molecular formula is C16H18N6OS2. The number of amides is 1. The van der Waals surface area contributed by atoms with Crippen molar-refractivity contribution in [3.63, 3.8) is 0 Å². The van der Waals surface area contributed by atoms with Crippen molar-refractivity contribution in [3.8, 4) is 0 Å². The Bertz CT molecular complexity index is 883. The van der Waals surface area contributed by atoms with Gasteiger partial charge >= 0.3 is 0 Å². The summed E-state index contributed by atoms with van der Waals surface area (Å²) in [6, 6.07) is 6.00. The molecule has 2 aromatic heterocycles. The smallest absolute Gasteiger partial charge is 0.230 e. The quantitative estimate of drug-likeness (QED) is 0.638. The monoisotopic (exact) mass is 374 g/mol. The summed E-state index contributed by atoms with van der Waals surface area (Å²) >= 11 is 2.97. The number of aryl methyl sites for hydroxylation is 3. The van der Waals surface area contributed by atoms with Crippen LogP contribution in [0.4, 0.5) is 10.8 Å². The highest BCUT2D eigenvalue weighted by Gasteiger charge is 2.21. The summed E-state index contributed by atoms with van der Waals surface area (Å²) in [5.41, 5.74) is 3.89. The van der Waals surface area contributed by atoms with E-state index >= 15 is 0 Å². The van der Waals surface area contributed by atoms with E-state index in [9.17, 15) is 4.79 Å². The summed E-state index contributed by atoms with van der Waals surface area (Å²) in [6.07, 6.45) is 0. The first-order chi connectivity index (χ1) is 12.0. The number of rotatable bonds is 5. The van der Waals surface area contributed by atoms with Crippen molar-refractivity contribution < 1.29 is 4.79 Å². The van der Waals surface area contributed by atoms with Gasteiger partial charge in [0.15, 0.2) is 5.13 Å². The van der Waals surface area contributed by atoms with Crippen molar-refractivity contribution in [3.05, 3.63) is 40.4 Å². The third-order valence-corrected chi connectivity index (χ3v) is 5.56. The number of benzene rings is 1. The molecule has 0 saturated carbocycles. The predicted octanol–water partition coefficient (Wildman–Crippen LogP) is 3.26. The van der Waals surface area contributed by atoms with Crippen LogP contribution < -0.4 is 4.90 Å². The summed E-state index contributed by atoms with van der Waals surface area (Å²) in [6.45, 7) is 5.57. The van der Waals surface area contributed by atoms with Crippen LogP contribution >= 0.6 is 23.1 Å². The van der Waals surface area contributed by atoms with Gasteiger partial charge in [0, 0.05) is 25.1 Å². The number of tetrazole rings is 1. The van der Waals surface area contributed by atoms with Gasteiger partial charge in [-0.05, 0) is 35.4 Å². The molecule has 0 aliphatic carbocycles. The maximum atomic E-state index is 12.3. The highest BCUT2D eigenvalue weighted by atomic mass is 32.2. The van der Waals surface area contributed by atoms with Gasteiger partial charge in [-0.1, -0.05) is 30.0 Å². The molecular weight excluding hydrogens is 356 g/mol. The van der Waals surface area contributed by atoms with E-state index in [1.54, 1.807) is 23.6 Å². The second kappa shape index (κ2) is 7.32. The van der Waals surface area contributed by atoms with Gasteiger partial charge in [0.25, 0.3) is 0 Å². The van der Waals surface area contributed by atoms with E-state index in [-0.39, 0.29) is 5.91 Å². The summed E-state index contributed by atoms with van der Waals surface area (Å²) in [5.74, 6) is 0.590. The molecule has 2 heterocycles. The van der Waals surface area contributed by atoms with Gasteiger partial charge in [0.1, 0.15) is 0 Å². The fourth-order valence-electron chi connectivity index (χ4n) is 2.49. The molecule has 0 saturated heterocycles. The number of nitrogens with zero attached hydrogens (tertiary/aromatic N) is 6. The van der Waals surface area contributed by atoms with Gasteiger partial charge in [0.2, 0.25) is 11.1 Å². The number of anilines is 2. The van der Waals surface area contributed by atoms with Gasteiger partial charge in [-0.15, -0.1) is 16.4 Å². The molecule has 1 amide bonds. The molecule has 0 bridgehead atoms.